The van der Waals surface area contributed by atoms with Gasteiger partial charge in [0, 0.05) is 13.2 Å². The topological polar surface area (TPSA) is 21.7 Å². The summed E-state index contributed by atoms with van der Waals surface area (Å²) in [5.41, 5.74) is 0. The minimum Gasteiger partial charge on any atom is -0.377 e. The average molecular weight is 322 g/mol. The van der Waals surface area contributed by atoms with Crippen LogP contribution in [0.15, 0.2) is 0 Å². The molecule has 0 radical (unpaired) electrons. The van der Waals surface area contributed by atoms with Crippen molar-refractivity contribution >= 4 is 0 Å². The monoisotopic (exact) mass is 321 g/mol. The molecule has 3 heteroatoms. The van der Waals surface area contributed by atoms with Crippen molar-refractivity contribution in [3.8, 4) is 0 Å². The zero-order valence-electron chi connectivity index (χ0n) is 14.9. The van der Waals surface area contributed by atoms with Crippen LogP contribution in [0, 0.1) is 17.8 Å². The Morgan fingerprint density at radius 3 is 2.57 bits per heavy atom. The van der Waals surface area contributed by atoms with Crippen LogP contribution in [0.5, 0.6) is 0 Å². The first-order valence-electron chi connectivity index (χ1n) is 10.2. The average Bonchev–Trinajstić information content (AvgIpc) is 3.22. The van der Waals surface area contributed by atoms with Crippen LogP contribution in [0.4, 0.5) is 0 Å². The molecule has 4 atom stereocenters. The van der Waals surface area contributed by atoms with Gasteiger partial charge in [-0.05, 0) is 88.6 Å². The Morgan fingerprint density at radius 2 is 1.78 bits per heavy atom. The van der Waals surface area contributed by atoms with Gasteiger partial charge in [-0.25, -0.2) is 0 Å². The quantitative estimate of drug-likeness (QED) is 0.741. The molecule has 2 aliphatic heterocycles. The zero-order chi connectivity index (χ0) is 15.6. The molecule has 0 spiro atoms. The first-order chi connectivity index (χ1) is 11.2. The standard InChI is InChI=1S/C20H35NO2/c1-15-8-19(9-15)23-18-5-4-16(11-18)10-17-12-20(22-14-17)13-21-6-2-3-7-21/h15-20H,2-14H2,1H3/t15?,16?,17?,18-,19?,20?/m0/s1. The van der Waals surface area contributed by atoms with E-state index in [-0.39, 0.29) is 0 Å². The van der Waals surface area contributed by atoms with Crippen LogP contribution in [-0.4, -0.2) is 49.5 Å². The summed E-state index contributed by atoms with van der Waals surface area (Å²) >= 11 is 0. The summed E-state index contributed by atoms with van der Waals surface area (Å²) in [6, 6.07) is 0. The van der Waals surface area contributed by atoms with E-state index in [1.165, 1.54) is 77.4 Å². The Hall–Kier alpha value is -0.120. The first kappa shape index (κ1) is 16.4. The Balaban J connectivity index is 1.14. The fraction of sp³-hybridized carbons (Fsp3) is 1.00. The molecule has 2 saturated carbocycles. The molecule has 3 nitrogen and oxygen atoms in total. The van der Waals surface area contributed by atoms with Gasteiger partial charge in [0.1, 0.15) is 0 Å². The summed E-state index contributed by atoms with van der Waals surface area (Å²) in [5.74, 6) is 2.62. The molecular formula is C20H35NO2. The second kappa shape index (κ2) is 7.41. The van der Waals surface area contributed by atoms with E-state index in [0.717, 1.165) is 24.4 Å². The summed E-state index contributed by atoms with van der Waals surface area (Å²) in [6.45, 7) is 7.14. The van der Waals surface area contributed by atoms with Crippen molar-refractivity contribution in [3.05, 3.63) is 0 Å². The molecule has 0 aromatic rings. The van der Waals surface area contributed by atoms with Gasteiger partial charge in [-0.2, -0.15) is 0 Å². The molecule has 2 aliphatic carbocycles. The van der Waals surface area contributed by atoms with Crippen molar-refractivity contribution in [2.75, 3.05) is 26.2 Å². The van der Waals surface area contributed by atoms with E-state index in [4.69, 9.17) is 9.47 Å². The molecule has 0 amide bonds. The highest BCUT2D eigenvalue weighted by molar-refractivity contribution is 4.85. The fourth-order valence-corrected chi connectivity index (χ4v) is 5.37. The molecule has 23 heavy (non-hydrogen) atoms. The van der Waals surface area contributed by atoms with E-state index in [9.17, 15) is 0 Å². The second-order valence-electron chi connectivity index (χ2n) is 8.94. The lowest BCUT2D eigenvalue weighted by Crippen LogP contribution is -2.32. The van der Waals surface area contributed by atoms with Crippen LogP contribution in [-0.2, 0) is 9.47 Å². The van der Waals surface area contributed by atoms with Crippen LogP contribution in [0.1, 0.15) is 64.7 Å². The predicted octanol–water partition coefficient (Wildman–Crippen LogP) is 3.86. The highest BCUT2D eigenvalue weighted by Crippen LogP contribution is 2.39. The maximum Gasteiger partial charge on any atom is 0.0705 e. The third-order valence-electron chi connectivity index (χ3n) is 6.70. The number of likely N-dealkylation sites (tertiary alicyclic amines) is 1. The SMILES string of the molecule is CC1CC(O[C@H]2CCC(CC3COC(CN4CCCC4)C3)C2)C1. The van der Waals surface area contributed by atoms with Gasteiger partial charge in [0.2, 0.25) is 0 Å². The molecule has 4 rings (SSSR count). The first-order valence-corrected chi connectivity index (χ1v) is 10.2. The van der Waals surface area contributed by atoms with Gasteiger partial charge in [0.05, 0.1) is 18.3 Å². The third kappa shape index (κ3) is 4.29. The minimum atomic E-state index is 0.517. The molecule has 0 aromatic carbocycles. The van der Waals surface area contributed by atoms with Crippen molar-refractivity contribution in [1.82, 2.24) is 4.90 Å². The summed E-state index contributed by atoms with van der Waals surface area (Å²) in [4.78, 5) is 2.60. The smallest absolute Gasteiger partial charge is 0.0705 e. The number of rotatable bonds is 6. The summed E-state index contributed by atoms with van der Waals surface area (Å²) in [6.07, 6.45) is 13.8. The largest absolute Gasteiger partial charge is 0.377 e. The molecular weight excluding hydrogens is 286 g/mol. The van der Waals surface area contributed by atoms with Crippen LogP contribution in [0.2, 0.25) is 0 Å². The summed E-state index contributed by atoms with van der Waals surface area (Å²) in [7, 11) is 0. The maximum absolute atomic E-state index is 6.28. The lowest BCUT2D eigenvalue weighted by molar-refractivity contribution is -0.0702. The highest BCUT2D eigenvalue weighted by atomic mass is 16.5. The van der Waals surface area contributed by atoms with E-state index in [1.807, 2.05) is 0 Å². The molecule has 3 unspecified atom stereocenters. The number of ether oxygens (including phenoxy) is 2. The number of nitrogens with zero attached hydrogens (tertiary/aromatic N) is 1. The molecule has 4 aliphatic rings. The van der Waals surface area contributed by atoms with E-state index in [0.29, 0.717) is 18.3 Å². The van der Waals surface area contributed by atoms with E-state index < -0.39 is 0 Å². The Bertz CT molecular complexity index is 376. The molecule has 0 aromatic heterocycles. The van der Waals surface area contributed by atoms with Crippen molar-refractivity contribution in [3.63, 3.8) is 0 Å². The van der Waals surface area contributed by atoms with Crippen molar-refractivity contribution < 1.29 is 9.47 Å². The summed E-state index contributed by atoms with van der Waals surface area (Å²) in [5, 5.41) is 0. The molecule has 2 saturated heterocycles. The van der Waals surface area contributed by atoms with Gasteiger partial charge in [-0.15, -0.1) is 0 Å². The van der Waals surface area contributed by atoms with Crippen LogP contribution in [0.3, 0.4) is 0 Å². The van der Waals surface area contributed by atoms with Gasteiger partial charge in [-0.3, -0.25) is 0 Å². The van der Waals surface area contributed by atoms with Crippen molar-refractivity contribution in [1.29, 1.82) is 0 Å². The molecule has 4 fully saturated rings. The van der Waals surface area contributed by atoms with E-state index in [1.54, 1.807) is 0 Å². The summed E-state index contributed by atoms with van der Waals surface area (Å²) < 4.78 is 12.4. The van der Waals surface area contributed by atoms with Gasteiger partial charge < -0.3 is 14.4 Å². The number of hydrogen-bond donors (Lipinski definition) is 0. The van der Waals surface area contributed by atoms with Gasteiger partial charge in [0.25, 0.3) is 0 Å². The van der Waals surface area contributed by atoms with Crippen LogP contribution < -0.4 is 0 Å². The lowest BCUT2D eigenvalue weighted by Gasteiger charge is -2.34. The molecule has 0 bridgehead atoms. The molecule has 132 valence electrons. The normalized spacial score (nSPS) is 44.7. The zero-order valence-corrected chi connectivity index (χ0v) is 14.9. The highest BCUT2D eigenvalue weighted by Gasteiger charge is 2.35. The number of hydrogen-bond acceptors (Lipinski definition) is 3. The van der Waals surface area contributed by atoms with Crippen LogP contribution in [0.25, 0.3) is 0 Å². The van der Waals surface area contributed by atoms with Gasteiger partial charge >= 0.3 is 0 Å². The Kier molecular flexibility index (Phi) is 5.27. The Labute approximate surface area is 142 Å². The predicted molar refractivity (Wildman–Crippen MR) is 92.5 cm³/mol. The maximum atomic E-state index is 6.28. The van der Waals surface area contributed by atoms with E-state index in [2.05, 4.69) is 11.8 Å². The van der Waals surface area contributed by atoms with Crippen molar-refractivity contribution in [2.45, 2.75) is 83.0 Å². The van der Waals surface area contributed by atoms with Gasteiger partial charge in [0.15, 0.2) is 0 Å². The van der Waals surface area contributed by atoms with Crippen molar-refractivity contribution in [2.24, 2.45) is 17.8 Å². The molecule has 0 N–H and O–H groups in total. The molecule has 2 heterocycles. The van der Waals surface area contributed by atoms with E-state index >= 15 is 0 Å². The lowest BCUT2D eigenvalue weighted by atomic mass is 9.84. The fourth-order valence-electron chi connectivity index (χ4n) is 5.37. The van der Waals surface area contributed by atoms with Gasteiger partial charge in [-0.1, -0.05) is 6.92 Å². The van der Waals surface area contributed by atoms with Crippen LogP contribution >= 0.6 is 0 Å². The third-order valence-corrected chi connectivity index (χ3v) is 6.70. The minimum absolute atomic E-state index is 0.517. The second-order valence-corrected chi connectivity index (χ2v) is 8.94. The Morgan fingerprint density at radius 1 is 0.957 bits per heavy atom.